The molecule has 2 nitrogen and oxygen atoms in total. The third kappa shape index (κ3) is 5.35. The number of hydrogen-bond donors (Lipinski definition) is 0. The third-order valence-electron chi connectivity index (χ3n) is 1.08. The lowest BCUT2D eigenvalue weighted by Crippen LogP contribution is -1.97. The van der Waals surface area contributed by atoms with Gasteiger partial charge in [-0.3, -0.25) is 4.79 Å². The van der Waals surface area contributed by atoms with Crippen LogP contribution in [-0.2, 0) is 9.53 Å². The number of hydrogen-bond acceptors (Lipinski definition) is 2. The van der Waals surface area contributed by atoms with Gasteiger partial charge in [-0.15, -0.1) is 0 Å². The van der Waals surface area contributed by atoms with Crippen molar-refractivity contribution in [2.24, 2.45) is 0 Å². The highest BCUT2D eigenvalue weighted by Gasteiger charge is 1.94. The minimum atomic E-state index is -0.159. The van der Waals surface area contributed by atoms with Crippen LogP contribution in [0.2, 0.25) is 0 Å². The predicted molar refractivity (Wildman–Crippen MR) is 40.4 cm³/mol. The molecular formula is C8H13O2. The van der Waals surface area contributed by atoms with Crippen LogP contribution < -0.4 is 0 Å². The van der Waals surface area contributed by atoms with Crippen molar-refractivity contribution < 1.29 is 9.53 Å². The van der Waals surface area contributed by atoms with Crippen LogP contribution in [0.5, 0.6) is 0 Å². The molecule has 0 N–H and O–H groups in total. The maximum absolute atomic E-state index is 10.5. The van der Waals surface area contributed by atoms with Gasteiger partial charge in [-0.25, -0.2) is 0 Å². The molecule has 0 aliphatic carbocycles. The zero-order chi connectivity index (χ0) is 7.82. The molecular weight excluding hydrogens is 128 g/mol. The summed E-state index contributed by atoms with van der Waals surface area (Å²) < 4.78 is 4.44. The molecule has 0 fully saturated rings. The van der Waals surface area contributed by atoms with Crippen molar-refractivity contribution in [2.45, 2.75) is 19.3 Å². The van der Waals surface area contributed by atoms with Gasteiger partial charge in [0.05, 0.1) is 7.11 Å². The summed E-state index contributed by atoms with van der Waals surface area (Å²) in [5.74, 6) is -0.159. The molecule has 0 spiro atoms. The maximum Gasteiger partial charge on any atom is 0.305 e. The van der Waals surface area contributed by atoms with E-state index in [-0.39, 0.29) is 5.97 Å². The van der Waals surface area contributed by atoms with Crippen LogP contribution in [0, 0.1) is 6.92 Å². The molecule has 0 rings (SSSR count). The van der Waals surface area contributed by atoms with Crippen molar-refractivity contribution in [1.29, 1.82) is 0 Å². The first-order valence-corrected chi connectivity index (χ1v) is 3.32. The van der Waals surface area contributed by atoms with E-state index in [9.17, 15) is 4.79 Å². The Morgan fingerprint density at radius 3 is 2.80 bits per heavy atom. The molecule has 0 saturated carbocycles. The first kappa shape index (κ1) is 9.21. The average Bonchev–Trinajstić information content (AvgIpc) is 1.98. The van der Waals surface area contributed by atoms with E-state index in [4.69, 9.17) is 0 Å². The van der Waals surface area contributed by atoms with Crippen LogP contribution in [-0.4, -0.2) is 13.1 Å². The van der Waals surface area contributed by atoms with Crippen molar-refractivity contribution in [3.8, 4) is 0 Å². The van der Waals surface area contributed by atoms with Crippen molar-refractivity contribution in [3.05, 3.63) is 19.1 Å². The van der Waals surface area contributed by atoms with E-state index in [0.29, 0.717) is 6.42 Å². The van der Waals surface area contributed by atoms with E-state index in [0.717, 1.165) is 12.8 Å². The van der Waals surface area contributed by atoms with Crippen LogP contribution in [0.4, 0.5) is 0 Å². The highest BCUT2D eigenvalue weighted by atomic mass is 16.5. The Balaban J connectivity index is 3.19. The number of carbonyl (C=O) groups excluding carboxylic acids is 1. The van der Waals surface area contributed by atoms with Crippen LogP contribution in [0.3, 0.4) is 0 Å². The van der Waals surface area contributed by atoms with Gasteiger partial charge in [0.2, 0.25) is 0 Å². The molecule has 0 bridgehead atoms. The van der Waals surface area contributed by atoms with Crippen molar-refractivity contribution in [1.82, 2.24) is 0 Å². The molecule has 0 amide bonds. The Bertz CT molecular complexity index is 116. The number of carbonyl (C=O) groups is 1. The zero-order valence-corrected chi connectivity index (χ0v) is 6.30. The van der Waals surface area contributed by atoms with Crippen molar-refractivity contribution in [3.63, 3.8) is 0 Å². The largest absolute Gasteiger partial charge is 0.469 e. The summed E-state index contributed by atoms with van der Waals surface area (Å²) in [5, 5.41) is 0. The molecule has 57 valence electrons. The average molecular weight is 141 g/mol. The number of ether oxygens (including phenoxy) is 1. The van der Waals surface area contributed by atoms with E-state index in [1.165, 1.54) is 7.11 Å². The van der Waals surface area contributed by atoms with E-state index in [2.05, 4.69) is 11.7 Å². The van der Waals surface area contributed by atoms with E-state index >= 15 is 0 Å². The number of esters is 1. The predicted octanol–water partition coefficient (Wildman–Crippen LogP) is 1.72. The molecule has 0 aliphatic rings. The molecule has 10 heavy (non-hydrogen) atoms. The minimum absolute atomic E-state index is 0.159. The van der Waals surface area contributed by atoms with E-state index in [1.54, 1.807) is 0 Å². The second-order valence-corrected chi connectivity index (χ2v) is 1.87. The van der Waals surface area contributed by atoms with Gasteiger partial charge >= 0.3 is 5.97 Å². The molecule has 0 aromatic carbocycles. The second kappa shape index (κ2) is 6.33. The summed E-state index contributed by atoms with van der Waals surface area (Å²) in [4.78, 5) is 10.5. The lowest BCUT2D eigenvalue weighted by molar-refractivity contribution is -0.140. The van der Waals surface area contributed by atoms with Gasteiger partial charge in [0.25, 0.3) is 0 Å². The van der Waals surface area contributed by atoms with Gasteiger partial charge in [-0.2, -0.15) is 0 Å². The third-order valence-corrected chi connectivity index (χ3v) is 1.08. The Morgan fingerprint density at radius 1 is 1.60 bits per heavy atom. The lowest BCUT2D eigenvalue weighted by atomic mass is 10.3. The quantitative estimate of drug-likeness (QED) is 0.440. The van der Waals surface area contributed by atoms with Crippen LogP contribution in [0.25, 0.3) is 0 Å². The standard InChI is InChI=1S/C8H13O2/c1-3-4-5-6-7-8(9)10-2/h4-5H,1,3,6-7H2,2H3/b5-4+. The summed E-state index contributed by atoms with van der Waals surface area (Å²) in [6.45, 7) is 3.62. The van der Waals surface area contributed by atoms with Crippen LogP contribution in [0.1, 0.15) is 19.3 Å². The SMILES string of the molecule is [CH2]C/C=C/CCC(=O)OC. The Hall–Kier alpha value is -0.790. The van der Waals surface area contributed by atoms with Gasteiger partial charge in [0.15, 0.2) is 0 Å². The fourth-order valence-corrected chi connectivity index (χ4v) is 0.539. The summed E-state index contributed by atoms with van der Waals surface area (Å²) in [6.07, 6.45) is 5.86. The normalized spacial score (nSPS) is 10.2. The van der Waals surface area contributed by atoms with Crippen molar-refractivity contribution >= 4 is 5.97 Å². The lowest BCUT2D eigenvalue weighted by Gasteiger charge is -1.92. The molecule has 2 heteroatoms. The molecule has 0 unspecified atom stereocenters. The highest BCUT2D eigenvalue weighted by molar-refractivity contribution is 5.69. The van der Waals surface area contributed by atoms with Crippen molar-refractivity contribution in [2.75, 3.05) is 7.11 Å². The second-order valence-electron chi connectivity index (χ2n) is 1.87. The monoisotopic (exact) mass is 141 g/mol. The summed E-state index contributed by atoms with van der Waals surface area (Å²) in [6, 6.07) is 0. The van der Waals surface area contributed by atoms with Gasteiger partial charge in [-0.1, -0.05) is 12.2 Å². The zero-order valence-electron chi connectivity index (χ0n) is 6.30. The number of allylic oxidation sites excluding steroid dienone is 2. The highest BCUT2D eigenvalue weighted by Crippen LogP contribution is 1.93. The van der Waals surface area contributed by atoms with Gasteiger partial charge in [0.1, 0.15) is 0 Å². The summed E-state index contributed by atoms with van der Waals surface area (Å²) >= 11 is 0. The number of methoxy groups -OCH3 is 1. The minimum Gasteiger partial charge on any atom is -0.469 e. The molecule has 1 radical (unpaired) electrons. The molecule has 0 atom stereocenters. The Labute approximate surface area is 61.9 Å². The van der Waals surface area contributed by atoms with Gasteiger partial charge < -0.3 is 4.74 Å². The smallest absolute Gasteiger partial charge is 0.305 e. The maximum atomic E-state index is 10.5. The fourth-order valence-electron chi connectivity index (χ4n) is 0.539. The molecule has 0 aromatic rings. The summed E-state index contributed by atoms with van der Waals surface area (Å²) in [7, 11) is 1.40. The first-order chi connectivity index (χ1) is 4.81. The molecule has 0 aliphatic heterocycles. The van der Waals surface area contributed by atoms with Crippen LogP contribution in [0.15, 0.2) is 12.2 Å². The summed E-state index contributed by atoms with van der Waals surface area (Å²) in [5.41, 5.74) is 0. The topological polar surface area (TPSA) is 26.3 Å². The van der Waals surface area contributed by atoms with E-state index < -0.39 is 0 Å². The molecule has 0 saturated heterocycles. The number of rotatable bonds is 4. The fraction of sp³-hybridized carbons (Fsp3) is 0.500. The van der Waals surface area contributed by atoms with Gasteiger partial charge in [-0.05, 0) is 19.8 Å². The van der Waals surface area contributed by atoms with E-state index in [1.807, 2.05) is 12.2 Å². The van der Waals surface area contributed by atoms with Crippen LogP contribution >= 0.6 is 0 Å². The Morgan fingerprint density at radius 2 is 2.30 bits per heavy atom. The van der Waals surface area contributed by atoms with Gasteiger partial charge in [0, 0.05) is 6.42 Å². The first-order valence-electron chi connectivity index (χ1n) is 3.32. The molecule has 0 heterocycles. The Kier molecular flexibility index (Phi) is 5.83. The molecule has 0 aromatic heterocycles.